The molecule has 0 unspecified atom stereocenters. The molecule has 3 nitrogen and oxygen atoms in total. The largest absolute Gasteiger partial charge is 0.310 e. The van der Waals surface area contributed by atoms with Crippen molar-refractivity contribution in [2.75, 3.05) is 9.80 Å². The van der Waals surface area contributed by atoms with Crippen LogP contribution in [0.2, 0.25) is 0 Å². The standard InChI is InChI=1S/C54H37N3S/c1-5-18-38(19-6-1)39-32-34-43(35-33-39)57-47-28-15-13-26-45(47)53-49(55(40-20-7-2-8-21-40)41-22-9-3-10-23-41)36-44(37-50(53)57)56(42-24-11-4-12-25-42)48-29-17-31-52-54(48)46-27-14-16-30-51(46)58-52/h1-37H. The summed E-state index contributed by atoms with van der Waals surface area (Å²) >= 11 is 1.85. The smallest absolute Gasteiger partial charge is 0.0583 e. The van der Waals surface area contributed by atoms with Crippen molar-refractivity contribution in [1.29, 1.82) is 0 Å². The highest BCUT2D eigenvalue weighted by molar-refractivity contribution is 7.26. The van der Waals surface area contributed by atoms with Crippen LogP contribution >= 0.6 is 11.3 Å². The molecule has 0 aliphatic rings. The summed E-state index contributed by atoms with van der Waals surface area (Å²) in [7, 11) is 0. The number of aromatic nitrogens is 1. The highest BCUT2D eigenvalue weighted by Crippen LogP contribution is 2.50. The molecule has 11 aromatic rings. The van der Waals surface area contributed by atoms with E-state index in [0.717, 1.165) is 50.8 Å². The molecule has 2 aromatic heterocycles. The SMILES string of the molecule is c1ccc(-c2ccc(-n3c4ccccc4c4c(N(c5ccccc5)c5ccccc5)cc(N(c5ccccc5)c5cccc6sc7ccccc7c56)cc43)cc2)cc1. The van der Waals surface area contributed by atoms with Crippen molar-refractivity contribution >= 4 is 87.4 Å². The Morgan fingerprint density at radius 1 is 0.328 bits per heavy atom. The van der Waals surface area contributed by atoms with Crippen LogP contribution in [0.25, 0.3) is 58.8 Å². The zero-order valence-electron chi connectivity index (χ0n) is 31.6. The molecule has 0 aliphatic heterocycles. The maximum absolute atomic E-state index is 2.46. The van der Waals surface area contributed by atoms with Crippen molar-refractivity contribution in [2.45, 2.75) is 0 Å². The van der Waals surface area contributed by atoms with Crippen LogP contribution < -0.4 is 9.80 Å². The summed E-state index contributed by atoms with van der Waals surface area (Å²) in [5, 5.41) is 4.91. The second kappa shape index (κ2) is 14.3. The summed E-state index contributed by atoms with van der Waals surface area (Å²) in [4.78, 5) is 4.88. The van der Waals surface area contributed by atoms with E-state index in [1.807, 2.05) is 11.3 Å². The Balaban J connectivity index is 1.26. The first kappa shape index (κ1) is 33.9. The number of hydrogen-bond acceptors (Lipinski definition) is 3. The van der Waals surface area contributed by atoms with Crippen molar-refractivity contribution in [3.63, 3.8) is 0 Å². The van der Waals surface area contributed by atoms with Crippen LogP contribution in [-0.4, -0.2) is 4.57 Å². The number of fused-ring (bicyclic) bond motifs is 6. The van der Waals surface area contributed by atoms with Crippen LogP contribution in [0.15, 0.2) is 224 Å². The monoisotopic (exact) mass is 759 g/mol. The molecule has 4 heteroatoms. The van der Waals surface area contributed by atoms with Gasteiger partial charge in [-0.3, -0.25) is 0 Å². The van der Waals surface area contributed by atoms with E-state index >= 15 is 0 Å². The fraction of sp³-hybridized carbons (Fsp3) is 0. The lowest BCUT2D eigenvalue weighted by Gasteiger charge is -2.31. The molecule has 0 saturated heterocycles. The van der Waals surface area contributed by atoms with E-state index in [-0.39, 0.29) is 0 Å². The number of rotatable bonds is 8. The van der Waals surface area contributed by atoms with Crippen molar-refractivity contribution < 1.29 is 0 Å². The lowest BCUT2D eigenvalue weighted by molar-refractivity contribution is 1.17. The van der Waals surface area contributed by atoms with Gasteiger partial charge in [0.1, 0.15) is 0 Å². The molecule has 11 rings (SSSR count). The zero-order chi connectivity index (χ0) is 38.4. The first-order valence-electron chi connectivity index (χ1n) is 19.7. The minimum absolute atomic E-state index is 1.07. The zero-order valence-corrected chi connectivity index (χ0v) is 32.4. The fourth-order valence-corrected chi connectivity index (χ4v) is 9.73. The van der Waals surface area contributed by atoms with E-state index in [1.165, 1.54) is 42.1 Å². The number of benzene rings is 9. The Hall–Kier alpha value is -7.40. The molecule has 0 atom stereocenters. The summed E-state index contributed by atoms with van der Waals surface area (Å²) in [6.07, 6.45) is 0. The fourth-order valence-electron chi connectivity index (χ4n) is 8.60. The average molecular weight is 760 g/mol. The van der Waals surface area contributed by atoms with Crippen LogP contribution in [0.5, 0.6) is 0 Å². The van der Waals surface area contributed by atoms with Gasteiger partial charge in [0.15, 0.2) is 0 Å². The van der Waals surface area contributed by atoms with Crippen molar-refractivity contribution in [2.24, 2.45) is 0 Å². The molecule has 0 N–H and O–H groups in total. The molecule has 2 heterocycles. The summed E-state index contributed by atoms with van der Waals surface area (Å²) in [6, 6.07) is 81.2. The second-order valence-corrected chi connectivity index (χ2v) is 15.6. The van der Waals surface area contributed by atoms with Crippen molar-refractivity contribution in [3.8, 4) is 16.8 Å². The van der Waals surface area contributed by atoms with Crippen LogP contribution in [0.4, 0.5) is 34.1 Å². The number of para-hydroxylation sites is 4. The highest BCUT2D eigenvalue weighted by Gasteiger charge is 2.26. The van der Waals surface area contributed by atoms with Crippen LogP contribution in [-0.2, 0) is 0 Å². The molecule has 0 aliphatic carbocycles. The summed E-state index contributed by atoms with van der Waals surface area (Å²) in [6.45, 7) is 0. The van der Waals surface area contributed by atoms with Crippen LogP contribution in [0.3, 0.4) is 0 Å². The lowest BCUT2D eigenvalue weighted by atomic mass is 10.0. The van der Waals surface area contributed by atoms with Crippen LogP contribution in [0, 0.1) is 0 Å². The third-order valence-electron chi connectivity index (χ3n) is 11.1. The quantitative estimate of drug-likeness (QED) is 0.153. The summed E-state index contributed by atoms with van der Waals surface area (Å²) < 4.78 is 5.00. The van der Waals surface area contributed by atoms with E-state index in [2.05, 4.69) is 239 Å². The first-order valence-corrected chi connectivity index (χ1v) is 20.5. The second-order valence-electron chi connectivity index (χ2n) is 14.6. The van der Waals surface area contributed by atoms with E-state index in [9.17, 15) is 0 Å². The summed E-state index contributed by atoms with van der Waals surface area (Å²) in [5.41, 5.74) is 12.4. The normalized spacial score (nSPS) is 11.4. The van der Waals surface area contributed by atoms with Gasteiger partial charge < -0.3 is 14.4 Å². The molecular formula is C54H37N3S. The van der Waals surface area contributed by atoms with E-state index in [4.69, 9.17) is 0 Å². The Labute approximate surface area is 341 Å². The minimum Gasteiger partial charge on any atom is -0.310 e. The van der Waals surface area contributed by atoms with Gasteiger partial charge in [-0.05, 0) is 96.1 Å². The van der Waals surface area contributed by atoms with Crippen molar-refractivity contribution in [3.05, 3.63) is 224 Å². The summed E-state index contributed by atoms with van der Waals surface area (Å²) in [5.74, 6) is 0. The predicted molar refractivity (Wildman–Crippen MR) is 248 cm³/mol. The predicted octanol–water partition coefficient (Wildman–Crippen LogP) is 15.8. The molecule has 0 spiro atoms. The Morgan fingerprint density at radius 3 is 1.50 bits per heavy atom. The maximum atomic E-state index is 2.46. The van der Waals surface area contributed by atoms with E-state index in [1.54, 1.807) is 0 Å². The highest BCUT2D eigenvalue weighted by atomic mass is 32.1. The van der Waals surface area contributed by atoms with E-state index < -0.39 is 0 Å². The maximum Gasteiger partial charge on any atom is 0.0583 e. The number of nitrogens with zero attached hydrogens (tertiary/aromatic N) is 3. The third-order valence-corrected chi connectivity index (χ3v) is 12.3. The van der Waals surface area contributed by atoms with Gasteiger partial charge in [-0.1, -0.05) is 140 Å². The lowest BCUT2D eigenvalue weighted by Crippen LogP contribution is -2.14. The van der Waals surface area contributed by atoms with Gasteiger partial charge in [0, 0.05) is 53.7 Å². The van der Waals surface area contributed by atoms with Gasteiger partial charge >= 0.3 is 0 Å². The molecule has 0 radical (unpaired) electrons. The van der Waals surface area contributed by atoms with Gasteiger partial charge in [0.25, 0.3) is 0 Å². The van der Waals surface area contributed by atoms with E-state index in [0.29, 0.717) is 0 Å². The van der Waals surface area contributed by atoms with Crippen LogP contribution in [0.1, 0.15) is 0 Å². The molecule has 9 aromatic carbocycles. The third kappa shape index (κ3) is 5.73. The molecule has 0 bridgehead atoms. The van der Waals surface area contributed by atoms with Crippen molar-refractivity contribution in [1.82, 2.24) is 4.57 Å². The molecule has 0 saturated carbocycles. The number of thiophene rings is 1. The molecule has 0 fully saturated rings. The first-order chi connectivity index (χ1) is 28.8. The molecule has 274 valence electrons. The Bertz CT molecular complexity index is 3170. The van der Waals surface area contributed by atoms with Gasteiger partial charge in [0.2, 0.25) is 0 Å². The van der Waals surface area contributed by atoms with Gasteiger partial charge in [0.05, 0.1) is 28.1 Å². The minimum atomic E-state index is 1.07. The van der Waals surface area contributed by atoms with Gasteiger partial charge in [-0.15, -0.1) is 11.3 Å². The molecule has 58 heavy (non-hydrogen) atoms. The molecular weight excluding hydrogens is 723 g/mol. The van der Waals surface area contributed by atoms with Gasteiger partial charge in [-0.2, -0.15) is 0 Å². The number of anilines is 6. The van der Waals surface area contributed by atoms with Gasteiger partial charge in [-0.25, -0.2) is 0 Å². The number of hydrogen-bond donors (Lipinski definition) is 0. The topological polar surface area (TPSA) is 11.4 Å². The molecule has 0 amide bonds. The Kier molecular flexibility index (Phi) is 8.34. The average Bonchev–Trinajstić information content (AvgIpc) is 3.85. The Morgan fingerprint density at radius 2 is 0.845 bits per heavy atom.